The van der Waals surface area contributed by atoms with Crippen LogP contribution in [0, 0.1) is 6.92 Å². The number of ether oxygens (including phenoxy) is 2. The molecule has 0 radical (unpaired) electrons. The van der Waals surface area contributed by atoms with Crippen molar-refractivity contribution in [3.05, 3.63) is 113 Å². The van der Waals surface area contributed by atoms with Crippen molar-refractivity contribution in [1.29, 1.82) is 0 Å². The molecular weight excluding hydrogens is 430 g/mol. The van der Waals surface area contributed by atoms with Crippen molar-refractivity contribution in [2.24, 2.45) is 0 Å². The van der Waals surface area contributed by atoms with Crippen LogP contribution >= 0.6 is 11.6 Å². The molecule has 1 N–H and O–H groups in total. The number of rotatable bonds is 9. The molecule has 0 bridgehead atoms. The van der Waals surface area contributed by atoms with E-state index in [1.54, 1.807) is 7.11 Å². The lowest BCUT2D eigenvalue weighted by Gasteiger charge is -2.18. The number of hydrogen-bond acceptors (Lipinski definition) is 3. The lowest BCUT2D eigenvalue weighted by molar-refractivity contribution is 0.283. The van der Waals surface area contributed by atoms with Gasteiger partial charge < -0.3 is 14.8 Å². The Bertz CT molecular complexity index is 1280. The van der Waals surface area contributed by atoms with Crippen LogP contribution in [0.2, 0.25) is 5.02 Å². The highest BCUT2D eigenvalue weighted by Gasteiger charge is 2.14. The molecule has 4 aromatic rings. The van der Waals surface area contributed by atoms with Crippen molar-refractivity contribution in [2.45, 2.75) is 26.5 Å². The van der Waals surface area contributed by atoms with E-state index in [1.807, 2.05) is 37.3 Å². The Morgan fingerprint density at radius 3 is 2.58 bits per heavy atom. The van der Waals surface area contributed by atoms with Gasteiger partial charge in [0.05, 0.1) is 7.11 Å². The number of benzene rings is 4. The molecule has 0 heterocycles. The number of fused-ring (bicyclic) bond motifs is 1. The Labute approximate surface area is 200 Å². The molecule has 0 unspecified atom stereocenters. The van der Waals surface area contributed by atoms with Gasteiger partial charge in [-0.15, -0.1) is 6.58 Å². The van der Waals surface area contributed by atoms with Gasteiger partial charge in [0.25, 0.3) is 0 Å². The first-order valence-electron chi connectivity index (χ1n) is 11.0. The first-order chi connectivity index (χ1) is 16.1. The van der Waals surface area contributed by atoms with E-state index < -0.39 is 0 Å². The SMILES string of the molecule is C=CCc1cc(CNc2cccc(Cl)c2C)cc(OC)c1OCc1cccc2ccccc12. The summed E-state index contributed by atoms with van der Waals surface area (Å²) >= 11 is 6.26. The van der Waals surface area contributed by atoms with Gasteiger partial charge in [0.2, 0.25) is 0 Å². The smallest absolute Gasteiger partial charge is 0.165 e. The lowest BCUT2D eigenvalue weighted by Crippen LogP contribution is -2.05. The van der Waals surface area contributed by atoms with E-state index in [-0.39, 0.29) is 0 Å². The van der Waals surface area contributed by atoms with Gasteiger partial charge in [-0.3, -0.25) is 0 Å². The average Bonchev–Trinajstić information content (AvgIpc) is 2.84. The molecule has 168 valence electrons. The van der Waals surface area contributed by atoms with Crippen molar-refractivity contribution in [3.63, 3.8) is 0 Å². The number of nitrogens with one attached hydrogen (secondary N) is 1. The first kappa shape index (κ1) is 22.8. The van der Waals surface area contributed by atoms with E-state index in [1.165, 1.54) is 10.8 Å². The van der Waals surface area contributed by atoms with E-state index >= 15 is 0 Å². The fourth-order valence-electron chi connectivity index (χ4n) is 4.01. The van der Waals surface area contributed by atoms with Gasteiger partial charge in [0.15, 0.2) is 11.5 Å². The van der Waals surface area contributed by atoms with Gasteiger partial charge in [-0.05, 0) is 65.1 Å². The molecule has 0 aliphatic carbocycles. The number of anilines is 1. The van der Waals surface area contributed by atoms with Crippen LogP contribution in [-0.2, 0) is 19.6 Å². The predicted molar refractivity (Wildman–Crippen MR) is 139 cm³/mol. The fraction of sp³-hybridized carbons (Fsp3) is 0.172. The highest BCUT2D eigenvalue weighted by Crippen LogP contribution is 2.35. The Morgan fingerprint density at radius 2 is 1.76 bits per heavy atom. The normalized spacial score (nSPS) is 10.8. The third-order valence-electron chi connectivity index (χ3n) is 5.78. The second-order valence-electron chi connectivity index (χ2n) is 7.97. The zero-order valence-corrected chi connectivity index (χ0v) is 19.8. The third-order valence-corrected chi connectivity index (χ3v) is 6.19. The molecule has 0 atom stereocenters. The molecule has 0 aliphatic rings. The summed E-state index contributed by atoms with van der Waals surface area (Å²) in [4.78, 5) is 0. The van der Waals surface area contributed by atoms with Crippen LogP contribution in [0.5, 0.6) is 11.5 Å². The minimum atomic E-state index is 0.459. The maximum absolute atomic E-state index is 6.35. The van der Waals surface area contributed by atoms with Gasteiger partial charge in [0.1, 0.15) is 6.61 Å². The summed E-state index contributed by atoms with van der Waals surface area (Å²) in [6.07, 6.45) is 2.57. The Balaban J connectivity index is 1.59. The van der Waals surface area contributed by atoms with Crippen LogP contribution in [-0.4, -0.2) is 7.11 Å². The van der Waals surface area contributed by atoms with Crippen LogP contribution in [0.25, 0.3) is 10.8 Å². The summed E-state index contributed by atoms with van der Waals surface area (Å²) in [6.45, 7) is 7.05. The molecule has 4 aromatic carbocycles. The second kappa shape index (κ2) is 10.5. The summed E-state index contributed by atoms with van der Waals surface area (Å²) < 4.78 is 12.1. The first-order valence-corrected chi connectivity index (χ1v) is 11.4. The molecule has 0 aliphatic heterocycles. The Morgan fingerprint density at radius 1 is 0.970 bits per heavy atom. The van der Waals surface area contributed by atoms with E-state index in [2.05, 4.69) is 60.4 Å². The maximum Gasteiger partial charge on any atom is 0.165 e. The number of methoxy groups -OCH3 is 1. The standard InChI is InChI=1S/C29H28ClNO2/c1-4-9-23-16-21(18-31-27-15-8-14-26(30)20(27)2)17-28(32-3)29(23)33-19-24-12-7-11-22-10-5-6-13-25(22)24/h4-8,10-17,31H,1,9,18-19H2,2-3H3. The van der Waals surface area contributed by atoms with Crippen molar-refractivity contribution in [3.8, 4) is 11.5 Å². The minimum Gasteiger partial charge on any atom is -0.493 e. The zero-order chi connectivity index (χ0) is 23.2. The van der Waals surface area contributed by atoms with Crippen LogP contribution < -0.4 is 14.8 Å². The highest BCUT2D eigenvalue weighted by molar-refractivity contribution is 6.31. The topological polar surface area (TPSA) is 30.5 Å². The minimum absolute atomic E-state index is 0.459. The second-order valence-corrected chi connectivity index (χ2v) is 8.38. The largest absolute Gasteiger partial charge is 0.493 e. The molecule has 0 aromatic heterocycles. The van der Waals surface area contributed by atoms with E-state index in [0.717, 1.165) is 38.7 Å². The maximum atomic E-state index is 6.35. The number of halogens is 1. The lowest BCUT2D eigenvalue weighted by atomic mass is 10.0. The molecule has 3 nitrogen and oxygen atoms in total. The molecule has 33 heavy (non-hydrogen) atoms. The van der Waals surface area contributed by atoms with Gasteiger partial charge >= 0.3 is 0 Å². The quantitative estimate of drug-likeness (QED) is 0.261. The summed E-state index contributed by atoms with van der Waals surface area (Å²) in [5.41, 5.74) is 5.34. The van der Waals surface area contributed by atoms with E-state index in [4.69, 9.17) is 21.1 Å². The molecule has 0 spiro atoms. The van der Waals surface area contributed by atoms with Crippen molar-refractivity contribution in [2.75, 3.05) is 12.4 Å². The van der Waals surface area contributed by atoms with Crippen LogP contribution in [0.3, 0.4) is 0 Å². The molecular formula is C29H28ClNO2. The summed E-state index contributed by atoms with van der Waals surface area (Å²) in [5, 5.41) is 6.63. The number of allylic oxidation sites excluding steroid dienone is 1. The monoisotopic (exact) mass is 457 g/mol. The summed E-state index contributed by atoms with van der Waals surface area (Å²) in [6, 6.07) is 24.7. The van der Waals surface area contributed by atoms with Gasteiger partial charge in [-0.2, -0.15) is 0 Å². The van der Waals surface area contributed by atoms with Gasteiger partial charge in [0, 0.05) is 22.8 Å². The third kappa shape index (κ3) is 5.15. The van der Waals surface area contributed by atoms with Crippen LogP contribution in [0.1, 0.15) is 22.3 Å². The van der Waals surface area contributed by atoms with Crippen LogP contribution in [0.15, 0.2) is 85.5 Å². The highest BCUT2D eigenvalue weighted by atomic mass is 35.5. The van der Waals surface area contributed by atoms with E-state index in [9.17, 15) is 0 Å². The zero-order valence-electron chi connectivity index (χ0n) is 19.0. The van der Waals surface area contributed by atoms with Crippen molar-refractivity contribution >= 4 is 28.1 Å². The molecule has 0 saturated heterocycles. The van der Waals surface area contributed by atoms with Gasteiger partial charge in [-0.1, -0.05) is 66.2 Å². The van der Waals surface area contributed by atoms with Crippen molar-refractivity contribution < 1.29 is 9.47 Å². The van der Waals surface area contributed by atoms with Crippen molar-refractivity contribution in [1.82, 2.24) is 0 Å². The predicted octanol–water partition coefficient (Wildman–Crippen LogP) is 7.73. The molecule has 4 rings (SSSR count). The molecule has 4 heteroatoms. The fourth-order valence-corrected chi connectivity index (χ4v) is 4.19. The summed E-state index contributed by atoms with van der Waals surface area (Å²) in [7, 11) is 1.68. The average molecular weight is 458 g/mol. The van der Waals surface area contributed by atoms with E-state index in [0.29, 0.717) is 25.3 Å². The molecule has 0 fully saturated rings. The molecule has 0 amide bonds. The van der Waals surface area contributed by atoms with Crippen LogP contribution in [0.4, 0.5) is 5.69 Å². The summed E-state index contributed by atoms with van der Waals surface area (Å²) in [5.74, 6) is 1.47. The Kier molecular flexibility index (Phi) is 7.21. The Hall–Kier alpha value is -3.43. The van der Waals surface area contributed by atoms with Gasteiger partial charge in [-0.25, -0.2) is 0 Å². The molecule has 0 saturated carbocycles. The number of hydrogen-bond donors (Lipinski definition) is 1.